The summed E-state index contributed by atoms with van der Waals surface area (Å²) in [4.78, 5) is 20.6. The van der Waals surface area contributed by atoms with Gasteiger partial charge in [0.25, 0.3) is 11.8 Å². The molecule has 2 aromatic heterocycles. The van der Waals surface area contributed by atoms with E-state index in [1.54, 1.807) is 17.5 Å². The molecule has 0 aliphatic rings. The number of nitrogens with one attached hydrogen (secondary N) is 1. The number of para-hydroxylation sites is 1. The molecule has 1 amide bonds. The van der Waals surface area contributed by atoms with Gasteiger partial charge in [0.05, 0.1) is 4.88 Å². The number of carbonyl (C=O) groups is 1. The number of rotatable bonds is 5. The second kappa shape index (κ2) is 7.72. The predicted molar refractivity (Wildman–Crippen MR) is 93.0 cm³/mol. The number of aromatic nitrogens is 2. The number of benzene rings is 1. The zero-order valence-electron chi connectivity index (χ0n) is 13.9. The molecule has 7 nitrogen and oxygen atoms in total. The van der Waals surface area contributed by atoms with Gasteiger partial charge in [-0.2, -0.15) is 4.98 Å². The maximum absolute atomic E-state index is 12.5. The molecule has 146 valence electrons. The Labute approximate surface area is 160 Å². The average Bonchev–Trinajstić information content (AvgIpc) is 3.16. The van der Waals surface area contributed by atoms with Crippen LogP contribution >= 0.6 is 11.3 Å². The van der Waals surface area contributed by atoms with E-state index in [1.807, 2.05) is 0 Å². The molecule has 0 bridgehead atoms. The van der Waals surface area contributed by atoms with E-state index < -0.39 is 35.3 Å². The largest absolute Gasteiger partial charge is 0.573 e. The third-order valence-electron chi connectivity index (χ3n) is 3.46. The van der Waals surface area contributed by atoms with Crippen molar-refractivity contribution in [3.8, 4) is 28.1 Å². The van der Waals surface area contributed by atoms with Gasteiger partial charge in [0.2, 0.25) is 5.75 Å². The lowest BCUT2D eigenvalue weighted by atomic mass is 10.2. The summed E-state index contributed by atoms with van der Waals surface area (Å²) in [5.41, 5.74) is -0.449. The second-order valence-electron chi connectivity index (χ2n) is 5.38. The fourth-order valence-corrected chi connectivity index (χ4v) is 2.91. The van der Waals surface area contributed by atoms with Gasteiger partial charge in [0, 0.05) is 12.1 Å². The summed E-state index contributed by atoms with van der Waals surface area (Å²) in [6.07, 6.45) is -4.88. The minimum atomic E-state index is -4.88. The van der Waals surface area contributed by atoms with E-state index in [4.69, 9.17) is 0 Å². The van der Waals surface area contributed by atoms with E-state index in [1.165, 1.54) is 29.5 Å². The molecule has 0 saturated heterocycles. The van der Waals surface area contributed by atoms with Gasteiger partial charge < -0.3 is 20.3 Å². The van der Waals surface area contributed by atoms with Crippen molar-refractivity contribution in [1.82, 2.24) is 15.3 Å². The Morgan fingerprint density at radius 1 is 1.14 bits per heavy atom. The second-order valence-corrected chi connectivity index (χ2v) is 6.33. The van der Waals surface area contributed by atoms with Crippen molar-refractivity contribution in [2.75, 3.05) is 0 Å². The number of ether oxygens (including phenoxy) is 1. The maximum Gasteiger partial charge on any atom is 0.573 e. The molecule has 3 rings (SSSR count). The van der Waals surface area contributed by atoms with Crippen molar-refractivity contribution in [1.29, 1.82) is 0 Å². The zero-order valence-corrected chi connectivity index (χ0v) is 14.7. The molecule has 0 aliphatic heterocycles. The molecule has 0 fully saturated rings. The SMILES string of the molecule is O=C(NCc1ccccc1OC(F)(F)F)c1nc(-c2cccs2)nc(O)c1O. The number of amides is 1. The highest BCUT2D eigenvalue weighted by Crippen LogP contribution is 2.31. The lowest BCUT2D eigenvalue weighted by Crippen LogP contribution is -2.25. The van der Waals surface area contributed by atoms with Crippen molar-refractivity contribution < 1.29 is 32.9 Å². The summed E-state index contributed by atoms with van der Waals surface area (Å²) in [6.45, 7) is -0.330. The highest BCUT2D eigenvalue weighted by Gasteiger charge is 2.32. The van der Waals surface area contributed by atoms with Crippen molar-refractivity contribution in [3.63, 3.8) is 0 Å². The highest BCUT2D eigenvalue weighted by molar-refractivity contribution is 7.13. The third kappa shape index (κ3) is 4.49. The molecule has 0 spiro atoms. The number of nitrogens with zero attached hydrogens (tertiary/aromatic N) is 2. The van der Waals surface area contributed by atoms with Crippen LogP contribution in [0.15, 0.2) is 41.8 Å². The van der Waals surface area contributed by atoms with Gasteiger partial charge in [-0.3, -0.25) is 4.79 Å². The Kier molecular flexibility index (Phi) is 5.36. The molecule has 0 atom stereocenters. The molecule has 28 heavy (non-hydrogen) atoms. The third-order valence-corrected chi connectivity index (χ3v) is 4.33. The molecular formula is C17H12F3N3O4S. The zero-order chi connectivity index (χ0) is 20.3. The minimum absolute atomic E-state index is 0.0243. The van der Waals surface area contributed by atoms with Crippen LogP contribution in [0.2, 0.25) is 0 Å². The summed E-state index contributed by atoms with van der Waals surface area (Å²) >= 11 is 1.26. The molecule has 0 aliphatic carbocycles. The molecule has 3 N–H and O–H groups in total. The number of aromatic hydroxyl groups is 2. The van der Waals surface area contributed by atoms with Crippen LogP contribution in [0.1, 0.15) is 16.1 Å². The van der Waals surface area contributed by atoms with Crippen LogP contribution in [0.3, 0.4) is 0 Å². The van der Waals surface area contributed by atoms with Gasteiger partial charge >= 0.3 is 6.36 Å². The van der Waals surface area contributed by atoms with Crippen LogP contribution in [0.25, 0.3) is 10.7 Å². The first-order valence-electron chi connectivity index (χ1n) is 7.70. The van der Waals surface area contributed by atoms with Gasteiger partial charge in [-0.25, -0.2) is 4.98 Å². The molecule has 11 heteroatoms. The summed E-state index contributed by atoms with van der Waals surface area (Å²) in [5, 5.41) is 23.7. The lowest BCUT2D eigenvalue weighted by molar-refractivity contribution is -0.274. The van der Waals surface area contributed by atoms with E-state index in [0.29, 0.717) is 4.88 Å². The Bertz CT molecular complexity index is 994. The van der Waals surface area contributed by atoms with E-state index in [2.05, 4.69) is 20.0 Å². The van der Waals surface area contributed by atoms with E-state index >= 15 is 0 Å². The number of hydrogen-bond donors (Lipinski definition) is 3. The van der Waals surface area contributed by atoms with Gasteiger partial charge in [-0.1, -0.05) is 24.3 Å². The van der Waals surface area contributed by atoms with Crippen molar-refractivity contribution in [3.05, 3.63) is 53.0 Å². The van der Waals surface area contributed by atoms with E-state index in [0.717, 1.165) is 6.07 Å². The normalized spacial score (nSPS) is 11.2. The van der Waals surface area contributed by atoms with Crippen LogP contribution in [0.4, 0.5) is 13.2 Å². The molecule has 3 aromatic rings. The van der Waals surface area contributed by atoms with Gasteiger partial charge in [-0.15, -0.1) is 24.5 Å². The highest BCUT2D eigenvalue weighted by atomic mass is 32.1. The summed E-state index contributed by atoms with van der Waals surface area (Å²) in [7, 11) is 0. The van der Waals surface area contributed by atoms with Crippen molar-refractivity contribution >= 4 is 17.2 Å². The number of alkyl halides is 3. The van der Waals surface area contributed by atoms with Crippen molar-refractivity contribution in [2.24, 2.45) is 0 Å². The standard InChI is InChI=1S/C17H12F3N3O4S/c18-17(19,20)27-10-5-2-1-4-9(10)8-21-15(25)12-13(24)16(26)23-14(22-12)11-6-3-7-28-11/h1-7,24H,8H2,(H,21,25)(H,22,23,26). The fraction of sp³-hybridized carbons (Fsp3) is 0.118. The lowest BCUT2D eigenvalue weighted by Gasteiger charge is -2.14. The Morgan fingerprint density at radius 3 is 2.57 bits per heavy atom. The number of carbonyl (C=O) groups excluding carboxylic acids is 1. The Morgan fingerprint density at radius 2 is 1.89 bits per heavy atom. The number of hydrogen-bond acceptors (Lipinski definition) is 7. The van der Waals surface area contributed by atoms with Crippen LogP contribution in [0.5, 0.6) is 17.4 Å². The smallest absolute Gasteiger partial charge is 0.501 e. The predicted octanol–water partition coefficient (Wildman–Crippen LogP) is 3.44. The molecular weight excluding hydrogens is 399 g/mol. The first kappa shape index (κ1) is 19.4. The van der Waals surface area contributed by atoms with Gasteiger partial charge in [-0.05, 0) is 17.5 Å². The van der Waals surface area contributed by atoms with E-state index in [9.17, 15) is 28.2 Å². The Balaban J connectivity index is 1.81. The Hall–Kier alpha value is -3.34. The summed E-state index contributed by atoms with van der Waals surface area (Å²) in [6, 6.07) is 8.66. The molecule has 1 aromatic carbocycles. The van der Waals surface area contributed by atoms with Crippen molar-refractivity contribution in [2.45, 2.75) is 12.9 Å². The quantitative estimate of drug-likeness (QED) is 0.594. The molecule has 0 unspecified atom stereocenters. The number of halogens is 3. The van der Waals surface area contributed by atoms with Crippen LogP contribution < -0.4 is 10.1 Å². The topological polar surface area (TPSA) is 105 Å². The minimum Gasteiger partial charge on any atom is -0.501 e. The average molecular weight is 411 g/mol. The fourth-order valence-electron chi connectivity index (χ4n) is 2.25. The van der Waals surface area contributed by atoms with Crippen LogP contribution in [-0.4, -0.2) is 32.5 Å². The number of thiophene rings is 1. The van der Waals surface area contributed by atoms with Crippen LogP contribution in [-0.2, 0) is 6.54 Å². The van der Waals surface area contributed by atoms with E-state index in [-0.39, 0.29) is 17.9 Å². The first-order chi connectivity index (χ1) is 13.2. The maximum atomic E-state index is 12.5. The molecule has 0 radical (unpaired) electrons. The van der Waals surface area contributed by atoms with Gasteiger partial charge in [0.15, 0.2) is 11.5 Å². The summed E-state index contributed by atoms with van der Waals surface area (Å²) < 4.78 is 41.3. The first-order valence-corrected chi connectivity index (χ1v) is 8.58. The van der Waals surface area contributed by atoms with Crippen LogP contribution in [0, 0.1) is 0 Å². The molecule has 0 saturated carbocycles. The van der Waals surface area contributed by atoms with Gasteiger partial charge in [0.1, 0.15) is 5.75 Å². The molecule has 2 heterocycles. The summed E-state index contributed by atoms with van der Waals surface area (Å²) in [5.74, 6) is -2.97. The monoisotopic (exact) mass is 411 g/mol.